The minimum absolute atomic E-state index is 0.216. The molecule has 142 valence electrons. The van der Waals surface area contributed by atoms with Gasteiger partial charge in [-0.25, -0.2) is 8.78 Å². The fraction of sp³-hybridized carbons (Fsp3) is 0.0952. The average Bonchev–Trinajstić information content (AvgIpc) is 2.71. The van der Waals surface area contributed by atoms with Crippen LogP contribution < -0.4 is 9.68 Å². The summed E-state index contributed by atoms with van der Waals surface area (Å²) in [5, 5.41) is 7.98. The Morgan fingerprint density at radius 2 is 1.07 bits per heavy atom. The summed E-state index contributed by atoms with van der Waals surface area (Å²) in [7, 11) is 0. The Bertz CT molecular complexity index is 922. The first-order valence-corrected chi connectivity index (χ1v) is 8.43. The van der Waals surface area contributed by atoms with Crippen LogP contribution in [0.1, 0.15) is 25.0 Å². The number of hydrogen-bond donors (Lipinski definition) is 0. The van der Waals surface area contributed by atoms with E-state index in [0.717, 1.165) is 11.1 Å². The molecule has 0 aliphatic rings. The molecule has 0 fully saturated rings. The van der Waals surface area contributed by atoms with Crippen molar-refractivity contribution >= 4 is 11.4 Å². The highest BCUT2D eigenvalue weighted by Gasteiger charge is 2.04. The van der Waals surface area contributed by atoms with E-state index in [1.807, 2.05) is 0 Å². The number of benzene rings is 2. The molecule has 0 amide bonds. The van der Waals surface area contributed by atoms with Crippen LogP contribution in [0.25, 0.3) is 0 Å². The maximum absolute atomic E-state index is 13.0. The Morgan fingerprint density at radius 3 is 1.46 bits per heavy atom. The number of nitrogens with zero attached hydrogens (tertiary/aromatic N) is 3. The van der Waals surface area contributed by atoms with Crippen molar-refractivity contribution in [1.82, 2.24) is 4.98 Å². The van der Waals surface area contributed by atoms with E-state index in [1.165, 1.54) is 24.3 Å². The van der Waals surface area contributed by atoms with Gasteiger partial charge in [0.15, 0.2) is 0 Å². The molecule has 7 heteroatoms. The van der Waals surface area contributed by atoms with Crippen molar-refractivity contribution in [3.05, 3.63) is 89.5 Å². The van der Waals surface area contributed by atoms with Gasteiger partial charge in [-0.1, -0.05) is 40.6 Å². The zero-order chi connectivity index (χ0) is 19.9. The van der Waals surface area contributed by atoms with Gasteiger partial charge >= 0.3 is 0 Å². The molecule has 2 aromatic carbocycles. The lowest BCUT2D eigenvalue weighted by molar-refractivity contribution is 0.299. The number of halogens is 2. The lowest BCUT2D eigenvalue weighted by atomic mass is 10.1. The summed E-state index contributed by atoms with van der Waals surface area (Å²) in [4.78, 5) is 14.8. The molecule has 0 saturated carbocycles. The second kappa shape index (κ2) is 8.85. The molecule has 0 N–H and O–H groups in total. The minimum atomic E-state index is -0.319. The van der Waals surface area contributed by atoms with Crippen LogP contribution in [0.4, 0.5) is 8.78 Å². The molecule has 0 radical (unpaired) electrons. The van der Waals surface area contributed by atoms with E-state index >= 15 is 0 Å². The van der Waals surface area contributed by atoms with Crippen LogP contribution in [-0.4, -0.2) is 16.4 Å². The standard InChI is InChI=1S/C21H17F2N3O2/c1-14(16-6-10-18(22)11-7-16)25-27-20-4-3-5-21(24-20)28-26-15(2)17-8-12-19(23)13-9-17/h3-13H,1-2H3/b25-14+,26-15+. The second-order valence-corrected chi connectivity index (χ2v) is 5.86. The van der Waals surface area contributed by atoms with Crippen LogP contribution in [0.3, 0.4) is 0 Å². The molecule has 1 aromatic heterocycles. The first-order valence-electron chi connectivity index (χ1n) is 8.43. The number of hydrogen-bond acceptors (Lipinski definition) is 5. The maximum Gasteiger partial charge on any atom is 0.252 e. The topological polar surface area (TPSA) is 56.1 Å². The molecule has 28 heavy (non-hydrogen) atoms. The summed E-state index contributed by atoms with van der Waals surface area (Å²) in [6.07, 6.45) is 0. The van der Waals surface area contributed by atoms with Gasteiger partial charge in [-0.05, 0) is 49.2 Å². The van der Waals surface area contributed by atoms with Gasteiger partial charge in [0.2, 0.25) is 0 Å². The summed E-state index contributed by atoms with van der Waals surface area (Å²) < 4.78 is 26.0. The Kier molecular flexibility index (Phi) is 6.06. The van der Waals surface area contributed by atoms with E-state index in [2.05, 4.69) is 15.3 Å². The van der Waals surface area contributed by atoms with Crippen molar-refractivity contribution in [3.63, 3.8) is 0 Å². The zero-order valence-electron chi connectivity index (χ0n) is 15.3. The molecule has 0 atom stereocenters. The summed E-state index contributed by atoms with van der Waals surface area (Å²) in [6.45, 7) is 3.48. The van der Waals surface area contributed by atoms with Crippen LogP contribution in [0.2, 0.25) is 0 Å². The quantitative estimate of drug-likeness (QED) is 0.448. The van der Waals surface area contributed by atoms with Crippen LogP contribution in [0.5, 0.6) is 11.8 Å². The van der Waals surface area contributed by atoms with Gasteiger partial charge in [0.25, 0.3) is 11.8 Å². The Hall–Kier alpha value is -3.61. The molecule has 3 rings (SSSR count). The molecule has 0 spiro atoms. The summed E-state index contributed by atoms with van der Waals surface area (Å²) >= 11 is 0. The monoisotopic (exact) mass is 381 g/mol. The van der Waals surface area contributed by atoms with Crippen molar-refractivity contribution in [1.29, 1.82) is 0 Å². The molecule has 1 heterocycles. The normalized spacial score (nSPS) is 12.0. The minimum Gasteiger partial charge on any atom is -0.336 e. The van der Waals surface area contributed by atoms with Crippen molar-refractivity contribution in [2.45, 2.75) is 13.8 Å². The molecular formula is C21H17F2N3O2. The number of aromatic nitrogens is 1. The van der Waals surface area contributed by atoms with Gasteiger partial charge in [-0.3, -0.25) is 0 Å². The molecule has 0 aliphatic carbocycles. The summed E-state index contributed by atoms with van der Waals surface area (Å²) in [5.41, 5.74) is 2.60. The Labute approximate surface area is 160 Å². The largest absolute Gasteiger partial charge is 0.336 e. The molecule has 0 bridgehead atoms. The Balaban J connectivity index is 1.66. The molecule has 0 saturated heterocycles. The number of rotatable bonds is 6. The highest BCUT2D eigenvalue weighted by atomic mass is 19.1. The van der Waals surface area contributed by atoms with E-state index < -0.39 is 0 Å². The summed E-state index contributed by atoms with van der Waals surface area (Å²) in [6, 6.07) is 16.7. The third-order valence-corrected chi connectivity index (χ3v) is 3.77. The fourth-order valence-electron chi connectivity index (χ4n) is 2.22. The van der Waals surface area contributed by atoms with Gasteiger partial charge in [0.1, 0.15) is 11.6 Å². The van der Waals surface area contributed by atoms with E-state index in [1.54, 1.807) is 56.3 Å². The lowest BCUT2D eigenvalue weighted by Gasteiger charge is -2.04. The first kappa shape index (κ1) is 19.2. The third kappa shape index (κ3) is 5.20. The highest BCUT2D eigenvalue weighted by Crippen LogP contribution is 2.15. The number of pyridine rings is 1. The molecule has 0 unspecified atom stereocenters. The van der Waals surface area contributed by atoms with Gasteiger partial charge in [-0.2, -0.15) is 4.98 Å². The molecule has 3 aromatic rings. The van der Waals surface area contributed by atoms with Gasteiger partial charge in [-0.15, -0.1) is 0 Å². The van der Waals surface area contributed by atoms with Crippen LogP contribution in [0, 0.1) is 11.6 Å². The first-order chi connectivity index (χ1) is 13.5. The summed E-state index contributed by atoms with van der Waals surface area (Å²) in [5.74, 6) is -0.205. The Morgan fingerprint density at radius 1 is 0.679 bits per heavy atom. The fourth-order valence-corrected chi connectivity index (χ4v) is 2.22. The van der Waals surface area contributed by atoms with E-state index in [0.29, 0.717) is 11.4 Å². The van der Waals surface area contributed by atoms with Crippen molar-refractivity contribution in [2.24, 2.45) is 10.3 Å². The second-order valence-electron chi connectivity index (χ2n) is 5.86. The smallest absolute Gasteiger partial charge is 0.252 e. The van der Waals surface area contributed by atoms with Gasteiger partial charge < -0.3 is 9.68 Å². The molecule has 0 aliphatic heterocycles. The number of oxime groups is 2. The average molecular weight is 381 g/mol. The van der Waals surface area contributed by atoms with E-state index in [4.69, 9.17) is 9.68 Å². The van der Waals surface area contributed by atoms with E-state index in [-0.39, 0.29) is 23.4 Å². The zero-order valence-corrected chi connectivity index (χ0v) is 15.3. The van der Waals surface area contributed by atoms with Crippen molar-refractivity contribution in [2.75, 3.05) is 0 Å². The predicted octanol–water partition coefficient (Wildman–Crippen LogP) is 4.97. The van der Waals surface area contributed by atoms with Crippen LogP contribution in [0.15, 0.2) is 77.0 Å². The van der Waals surface area contributed by atoms with Crippen LogP contribution >= 0.6 is 0 Å². The SMILES string of the molecule is C/C(=N\Oc1cccc(O/N=C(\C)c2ccc(F)cc2)n1)c1ccc(F)cc1. The molecule has 5 nitrogen and oxygen atoms in total. The van der Waals surface area contributed by atoms with Gasteiger partial charge in [0.05, 0.1) is 11.4 Å². The highest BCUT2D eigenvalue weighted by molar-refractivity contribution is 5.98. The molecular weight excluding hydrogens is 364 g/mol. The lowest BCUT2D eigenvalue weighted by Crippen LogP contribution is -2.00. The third-order valence-electron chi connectivity index (χ3n) is 3.77. The van der Waals surface area contributed by atoms with Crippen LogP contribution in [-0.2, 0) is 0 Å². The van der Waals surface area contributed by atoms with Gasteiger partial charge in [0, 0.05) is 12.1 Å². The maximum atomic E-state index is 13.0. The predicted molar refractivity (Wildman–Crippen MR) is 103 cm³/mol. The van der Waals surface area contributed by atoms with Crippen molar-refractivity contribution < 1.29 is 18.5 Å². The van der Waals surface area contributed by atoms with E-state index in [9.17, 15) is 8.78 Å². The van der Waals surface area contributed by atoms with Crippen molar-refractivity contribution in [3.8, 4) is 11.8 Å².